The van der Waals surface area contributed by atoms with Crippen LogP contribution in [-0.4, -0.2) is 18.3 Å². The van der Waals surface area contributed by atoms with E-state index in [1.807, 2.05) is 36.4 Å². The molecule has 0 aromatic heterocycles. The lowest BCUT2D eigenvalue weighted by Gasteiger charge is -2.06. The molecule has 1 N–H and O–H groups in total. The van der Waals surface area contributed by atoms with Crippen molar-refractivity contribution < 1.29 is 9.84 Å². The molecule has 0 atom stereocenters. The number of ether oxygens (including phenoxy) is 1. The van der Waals surface area contributed by atoms with Crippen LogP contribution >= 0.6 is 0 Å². The maximum absolute atomic E-state index is 8.74. The van der Waals surface area contributed by atoms with E-state index in [1.165, 1.54) is 18.4 Å². The van der Waals surface area contributed by atoms with Gasteiger partial charge in [-0.2, -0.15) is 10.2 Å². The predicted molar refractivity (Wildman–Crippen MR) is 107 cm³/mol. The minimum Gasteiger partial charge on any atom is -0.494 e. The Labute approximate surface area is 156 Å². The molecular weight excluding hydrogens is 324 g/mol. The zero-order valence-corrected chi connectivity index (χ0v) is 15.7. The topological polar surface area (TPSA) is 54.2 Å². The van der Waals surface area contributed by atoms with Gasteiger partial charge in [-0.1, -0.05) is 31.9 Å². The first-order valence-corrected chi connectivity index (χ1v) is 9.66. The van der Waals surface area contributed by atoms with Gasteiger partial charge in [-0.05, 0) is 74.1 Å². The van der Waals surface area contributed by atoms with Crippen LogP contribution in [0.2, 0.25) is 0 Å². The van der Waals surface area contributed by atoms with Crippen LogP contribution in [0.5, 0.6) is 5.75 Å². The van der Waals surface area contributed by atoms with Crippen molar-refractivity contribution in [1.82, 2.24) is 0 Å². The van der Waals surface area contributed by atoms with Gasteiger partial charge in [-0.3, -0.25) is 0 Å². The van der Waals surface area contributed by atoms with E-state index in [2.05, 4.69) is 29.3 Å². The Bertz CT molecular complexity index is 653. The molecule has 0 unspecified atom stereocenters. The Kier molecular flexibility index (Phi) is 9.44. The molecular formula is C22H30N2O2. The van der Waals surface area contributed by atoms with Crippen LogP contribution < -0.4 is 4.74 Å². The van der Waals surface area contributed by atoms with Gasteiger partial charge in [0.2, 0.25) is 0 Å². The Hall–Kier alpha value is -2.20. The van der Waals surface area contributed by atoms with E-state index in [9.17, 15) is 0 Å². The Morgan fingerprint density at radius 1 is 0.846 bits per heavy atom. The number of aryl methyl sites for hydroxylation is 1. The molecule has 0 aliphatic carbocycles. The average Bonchev–Trinajstić information content (AvgIpc) is 2.68. The predicted octanol–water partition coefficient (Wildman–Crippen LogP) is 6.38. The third-order valence-electron chi connectivity index (χ3n) is 4.17. The van der Waals surface area contributed by atoms with Crippen molar-refractivity contribution in [3.05, 3.63) is 54.1 Å². The molecule has 0 saturated heterocycles. The van der Waals surface area contributed by atoms with Gasteiger partial charge in [0.25, 0.3) is 0 Å². The van der Waals surface area contributed by atoms with Crippen LogP contribution in [0.25, 0.3) is 0 Å². The average molecular weight is 354 g/mol. The van der Waals surface area contributed by atoms with Gasteiger partial charge in [-0.25, -0.2) is 0 Å². The fourth-order valence-electron chi connectivity index (χ4n) is 2.64. The normalized spacial score (nSPS) is 11.2. The van der Waals surface area contributed by atoms with Crippen LogP contribution in [0.4, 0.5) is 11.4 Å². The highest BCUT2D eigenvalue weighted by Crippen LogP contribution is 2.22. The fraction of sp³-hybridized carbons (Fsp3) is 0.455. The molecule has 2 rings (SSSR count). The van der Waals surface area contributed by atoms with Gasteiger partial charge in [0.1, 0.15) is 5.75 Å². The van der Waals surface area contributed by atoms with E-state index < -0.39 is 0 Å². The summed E-state index contributed by atoms with van der Waals surface area (Å²) in [5.41, 5.74) is 3.02. The number of nitrogens with zero attached hydrogens (tertiary/aromatic N) is 2. The Morgan fingerprint density at radius 2 is 1.62 bits per heavy atom. The first kappa shape index (κ1) is 20.1. The quantitative estimate of drug-likeness (QED) is 0.355. The van der Waals surface area contributed by atoms with E-state index in [1.54, 1.807) is 0 Å². The number of hydrogen-bond donors (Lipinski definition) is 1. The largest absolute Gasteiger partial charge is 0.494 e. The Morgan fingerprint density at radius 3 is 2.38 bits per heavy atom. The fourth-order valence-corrected chi connectivity index (χ4v) is 2.64. The smallest absolute Gasteiger partial charge is 0.119 e. The summed E-state index contributed by atoms with van der Waals surface area (Å²) < 4.78 is 5.72. The van der Waals surface area contributed by atoms with Gasteiger partial charge >= 0.3 is 0 Å². The van der Waals surface area contributed by atoms with Crippen LogP contribution in [0, 0.1) is 0 Å². The first-order valence-electron chi connectivity index (χ1n) is 9.66. The molecule has 0 heterocycles. The molecule has 0 aliphatic heterocycles. The first-order chi connectivity index (χ1) is 12.8. The highest BCUT2D eigenvalue weighted by Gasteiger charge is 1.97. The van der Waals surface area contributed by atoms with Gasteiger partial charge in [-0.15, -0.1) is 0 Å². The number of aliphatic hydroxyl groups excluding tert-OH is 1. The van der Waals surface area contributed by atoms with Crippen molar-refractivity contribution in [3.63, 3.8) is 0 Å². The van der Waals surface area contributed by atoms with Crippen LogP contribution in [0.15, 0.2) is 58.8 Å². The van der Waals surface area contributed by atoms with Gasteiger partial charge in [0, 0.05) is 6.61 Å². The lowest BCUT2D eigenvalue weighted by molar-refractivity contribution is 0.273. The zero-order valence-electron chi connectivity index (χ0n) is 15.7. The molecule has 2 aromatic rings. The summed E-state index contributed by atoms with van der Waals surface area (Å²) >= 11 is 0. The lowest BCUT2D eigenvalue weighted by Crippen LogP contribution is -1.97. The highest BCUT2D eigenvalue weighted by molar-refractivity contribution is 5.43. The van der Waals surface area contributed by atoms with E-state index in [0.29, 0.717) is 6.61 Å². The molecule has 0 saturated carbocycles. The monoisotopic (exact) mass is 354 g/mol. The maximum atomic E-state index is 8.74. The summed E-state index contributed by atoms with van der Waals surface area (Å²) in [7, 11) is 0. The summed E-state index contributed by atoms with van der Waals surface area (Å²) in [6.45, 7) is 3.19. The van der Waals surface area contributed by atoms with Crippen LogP contribution in [0.1, 0.15) is 51.0 Å². The van der Waals surface area contributed by atoms with Crippen molar-refractivity contribution in [1.29, 1.82) is 0 Å². The Balaban J connectivity index is 1.80. The van der Waals surface area contributed by atoms with Crippen molar-refractivity contribution >= 4 is 11.4 Å². The molecule has 0 aliphatic rings. The second kappa shape index (κ2) is 12.2. The number of rotatable bonds is 12. The zero-order chi connectivity index (χ0) is 18.5. The second-order valence-corrected chi connectivity index (χ2v) is 6.45. The molecule has 4 nitrogen and oxygen atoms in total. The summed E-state index contributed by atoms with van der Waals surface area (Å²) in [4.78, 5) is 0. The van der Waals surface area contributed by atoms with Gasteiger partial charge in [0.05, 0.1) is 18.0 Å². The number of unbranched alkanes of at least 4 members (excludes halogenated alkanes) is 4. The highest BCUT2D eigenvalue weighted by atomic mass is 16.5. The third-order valence-corrected chi connectivity index (χ3v) is 4.17. The van der Waals surface area contributed by atoms with Gasteiger partial charge < -0.3 is 9.84 Å². The maximum Gasteiger partial charge on any atom is 0.119 e. The van der Waals surface area contributed by atoms with Crippen molar-refractivity contribution in [2.45, 2.75) is 51.9 Å². The number of aliphatic hydroxyl groups is 1. The summed E-state index contributed by atoms with van der Waals surface area (Å²) in [6.07, 6.45) is 7.51. The number of benzene rings is 2. The number of azo groups is 1. The van der Waals surface area contributed by atoms with Crippen molar-refractivity contribution in [3.8, 4) is 5.75 Å². The van der Waals surface area contributed by atoms with E-state index in [0.717, 1.165) is 49.2 Å². The lowest BCUT2D eigenvalue weighted by atomic mass is 10.1. The SMILES string of the molecule is CCCCc1cccc(N=Nc2ccc(OCCCCCCO)cc2)c1. The molecule has 26 heavy (non-hydrogen) atoms. The molecule has 4 heteroatoms. The van der Waals surface area contributed by atoms with Crippen LogP contribution in [0.3, 0.4) is 0 Å². The second-order valence-electron chi connectivity index (χ2n) is 6.45. The minimum atomic E-state index is 0.278. The molecule has 140 valence electrons. The summed E-state index contributed by atoms with van der Waals surface area (Å²) in [6, 6.07) is 16.0. The van der Waals surface area contributed by atoms with E-state index in [4.69, 9.17) is 9.84 Å². The van der Waals surface area contributed by atoms with Crippen molar-refractivity contribution in [2.24, 2.45) is 10.2 Å². The molecule has 0 spiro atoms. The third kappa shape index (κ3) is 7.79. The van der Waals surface area contributed by atoms with Crippen molar-refractivity contribution in [2.75, 3.05) is 13.2 Å². The molecule has 0 bridgehead atoms. The number of hydrogen-bond acceptors (Lipinski definition) is 4. The summed E-state index contributed by atoms with van der Waals surface area (Å²) in [5, 5.41) is 17.4. The standard InChI is InChI=1S/C22H30N2O2/c1-2-3-9-19-10-8-11-21(18-19)24-23-20-12-14-22(15-13-20)26-17-7-5-4-6-16-25/h8,10-15,18,25H,2-7,9,16-17H2,1H3. The molecule has 2 aromatic carbocycles. The van der Waals surface area contributed by atoms with E-state index >= 15 is 0 Å². The van der Waals surface area contributed by atoms with Gasteiger partial charge in [0.15, 0.2) is 0 Å². The summed E-state index contributed by atoms with van der Waals surface area (Å²) in [5.74, 6) is 0.854. The van der Waals surface area contributed by atoms with Crippen LogP contribution in [-0.2, 0) is 6.42 Å². The molecule has 0 radical (unpaired) electrons. The van der Waals surface area contributed by atoms with E-state index in [-0.39, 0.29) is 6.61 Å². The molecule has 0 fully saturated rings. The minimum absolute atomic E-state index is 0.278. The molecule has 0 amide bonds.